The number of aromatic nitrogens is 2. The first kappa shape index (κ1) is 13.9. The molecule has 1 N–H and O–H groups in total. The number of hydrogen-bond donors (Lipinski definition) is 1. The topological polar surface area (TPSA) is 64.1 Å². The number of methoxy groups -OCH3 is 1. The molecule has 5 nitrogen and oxygen atoms in total. The fourth-order valence-electron chi connectivity index (χ4n) is 1.17. The number of thioether (sulfide) groups is 1. The Hall–Kier alpha value is -1.14. The minimum absolute atomic E-state index is 0.0366. The van der Waals surface area contributed by atoms with Crippen LogP contribution in [0.2, 0.25) is 0 Å². The second-order valence-electron chi connectivity index (χ2n) is 3.44. The number of rotatable bonds is 7. The zero-order valence-electron chi connectivity index (χ0n) is 10.1. The van der Waals surface area contributed by atoms with Gasteiger partial charge in [0.2, 0.25) is 5.91 Å². The lowest BCUT2D eigenvalue weighted by molar-refractivity contribution is -0.113. The van der Waals surface area contributed by atoms with Gasteiger partial charge in [-0.15, -0.1) is 0 Å². The van der Waals surface area contributed by atoms with E-state index in [2.05, 4.69) is 15.3 Å². The number of nitrogens with one attached hydrogen (secondary N) is 1. The fourth-order valence-corrected chi connectivity index (χ4v) is 1.90. The summed E-state index contributed by atoms with van der Waals surface area (Å²) in [6.45, 7) is 2.52. The van der Waals surface area contributed by atoms with Crippen LogP contribution in [-0.2, 0) is 9.53 Å². The van der Waals surface area contributed by atoms with E-state index in [1.807, 2.05) is 0 Å². The fraction of sp³-hybridized carbons (Fsp3) is 0.545. The summed E-state index contributed by atoms with van der Waals surface area (Å²) in [6, 6.07) is 1.68. The summed E-state index contributed by atoms with van der Waals surface area (Å²) in [4.78, 5) is 19.6. The van der Waals surface area contributed by atoms with E-state index >= 15 is 0 Å². The van der Waals surface area contributed by atoms with E-state index in [-0.39, 0.29) is 5.91 Å². The molecule has 6 heteroatoms. The molecule has 0 aliphatic carbocycles. The molecule has 17 heavy (non-hydrogen) atoms. The van der Waals surface area contributed by atoms with Crippen molar-refractivity contribution in [3.63, 3.8) is 0 Å². The predicted molar refractivity (Wildman–Crippen MR) is 69.2 cm³/mol. The molecule has 0 spiro atoms. The number of hydrogen-bond acceptors (Lipinski definition) is 5. The van der Waals surface area contributed by atoms with Crippen LogP contribution in [0.15, 0.2) is 12.3 Å². The lowest BCUT2D eigenvalue weighted by atomic mass is 10.5. The van der Waals surface area contributed by atoms with E-state index < -0.39 is 0 Å². The van der Waals surface area contributed by atoms with E-state index in [1.54, 1.807) is 38.1 Å². The molecular formula is C11H17N3O2S. The molecular weight excluding hydrogens is 238 g/mol. The summed E-state index contributed by atoms with van der Waals surface area (Å²) in [6.07, 6.45) is 2.59. The van der Waals surface area contributed by atoms with Gasteiger partial charge < -0.3 is 10.1 Å². The molecule has 0 atom stereocenters. The first-order valence-electron chi connectivity index (χ1n) is 5.38. The molecule has 0 aliphatic heterocycles. The van der Waals surface area contributed by atoms with Crippen LogP contribution in [-0.4, -0.2) is 41.1 Å². The maximum absolute atomic E-state index is 11.5. The SMILES string of the molecule is COCCCSCC(=O)Nc1ccnc(C)n1. The largest absolute Gasteiger partial charge is 0.385 e. The third-order valence-corrected chi connectivity index (χ3v) is 2.96. The van der Waals surface area contributed by atoms with Gasteiger partial charge in [-0.1, -0.05) is 0 Å². The van der Waals surface area contributed by atoms with Crippen LogP contribution in [0.5, 0.6) is 0 Å². The standard InChI is InChI=1S/C11H17N3O2S/c1-9-12-5-4-10(13-9)14-11(15)8-17-7-3-6-16-2/h4-5H,3,6-8H2,1-2H3,(H,12,13,14,15). The van der Waals surface area contributed by atoms with Crippen molar-refractivity contribution in [3.8, 4) is 0 Å². The molecule has 0 radical (unpaired) electrons. The lowest BCUT2D eigenvalue weighted by Gasteiger charge is -2.04. The van der Waals surface area contributed by atoms with Gasteiger partial charge in [-0.2, -0.15) is 11.8 Å². The van der Waals surface area contributed by atoms with Crippen LogP contribution in [0.25, 0.3) is 0 Å². The first-order valence-corrected chi connectivity index (χ1v) is 6.54. The number of nitrogens with zero attached hydrogens (tertiary/aromatic N) is 2. The van der Waals surface area contributed by atoms with E-state index in [4.69, 9.17) is 4.74 Å². The zero-order chi connectivity index (χ0) is 12.5. The minimum atomic E-state index is -0.0366. The van der Waals surface area contributed by atoms with E-state index in [0.29, 0.717) is 17.4 Å². The lowest BCUT2D eigenvalue weighted by Crippen LogP contribution is -2.15. The van der Waals surface area contributed by atoms with Gasteiger partial charge in [-0.05, 0) is 25.2 Å². The van der Waals surface area contributed by atoms with Crippen molar-refractivity contribution >= 4 is 23.5 Å². The Morgan fingerprint density at radius 3 is 3.12 bits per heavy atom. The van der Waals surface area contributed by atoms with Crippen LogP contribution in [0.1, 0.15) is 12.2 Å². The molecule has 0 aromatic carbocycles. The van der Waals surface area contributed by atoms with Crippen molar-refractivity contribution in [1.82, 2.24) is 9.97 Å². The number of carbonyl (C=O) groups is 1. The number of amides is 1. The maximum atomic E-state index is 11.5. The summed E-state index contributed by atoms with van der Waals surface area (Å²) in [5.74, 6) is 2.53. The number of anilines is 1. The highest BCUT2D eigenvalue weighted by Gasteiger charge is 2.03. The van der Waals surface area contributed by atoms with Crippen LogP contribution in [0, 0.1) is 6.92 Å². The van der Waals surface area contributed by atoms with E-state index in [0.717, 1.165) is 18.8 Å². The van der Waals surface area contributed by atoms with Gasteiger partial charge in [0, 0.05) is 19.9 Å². The van der Waals surface area contributed by atoms with Crippen LogP contribution < -0.4 is 5.32 Å². The zero-order valence-corrected chi connectivity index (χ0v) is 10.9. The third-order valence-electron chi connectivity index (χ3n) is 1.91. The molecule has 0 fully saturated rings. The van der Waals surface area contributed by atoms with Gasteiger partial charge in [-0.25, -0.2) is 9.97 Å². The third kappa shape index (κ3) is 6.23. The van der Waals surface area contributed by atoms with Crippen LogP contribution in [0.3, 0.4) is 0 Å². The molecule has 1 aromatic heterocycles. The Kier molecular flexibility index (Phi) is 6.57. The van der Waals surface area contributed by atoms with Gasteiger partial charge in [0.1, 0.15) is 11.6 Å². The predicted octanol–water partition coefficient (Wildman–Crippen LogP) is 1.49. The van der Waals surface area contributed by atoms with Gasteiger partial charge in [-0.3, -0.25) is 4.79 Å². The monoisotopic (exact) mass is 255 g/mol. The Bertz CT molecular complexity index is 360. The molecule has 1 heterocycles. The summed E-state index contributed by atoms with van der Waals surface area (Å²) in [5.41, 5.74) is 0. The summed E-state index contributed by atoms with van der Waals surface area (Å²) >= 11 is 1.59. The van der Waals surface area contributed by atoms with Crippen molar-refractivity contribution in [2.75, 3.05) is 30.5 Å². The molecule has 0 bridgehead atoms. The number of aryl methyl sites for hydroxylation is 1. The molecule has 0 aliphatic rings. The van der Waals surface area contributed by atoms with Gasteiger partial charge in [0.05, 0.1) is 5.75 Å². The first-order chi connectivity index (χ1) is 8.22. The van der Waals surface area contributed by atoms with Crippen molar-refractivity contribution in [2.24, 2.45) is 0 Å². The quantitative estimate of drug-likeness (QED) is 0.748. The molecule has 1 amide bonds. The normalized spacial score (nSPS) is 10.2. The van der Waals surface area contributed by atoms with Crippen molar-refractivity contribution in [2.45, 2.75) is 13.3 Å². The second-order valence-corrected chi connectivity index (χ2v) is 4.54. The molecule has 1 aromatic rings. The van der Waals surface area contributed by atoms with Gasteiger partial charge in [0.15, 0.2) is 0 Å². The number of ether oxygens (including phenoxy) is 1. The van der Waals surface area contributed by atoms with E-state index in [9.17, 15) is 4.79 Å². The number of carbonyl (C=O) groups excluding carboxylic acids is 1. The maximum Gasteiger partial charge on any atom is 0.235 e. The Balaban J connectivity index is 2.21. The summed E-state index contributed by atoms with van der Waals surface area (Å²) in [7, 11) is 1.68. The van der Waals surface area contributed by atoms with Crippen LogP contribution >= 0.6 is 11.8 Å². The highest BCUT2D eigenvalue weighted by molar-refractivity contribution is 7.99. The minimum Gasteiger partial charge on any atom is -0.385 e. The molecule has 0 saturated heterocycles. The van der Waals surface area contributed by atoms with E-state index in [1.165, 1.54) is 0 Å². The highest BCUT2D eigenvalue weighted by atomic mass is 32.2. The molecule has 0 saturated carbocycles. The average Bonchev–Trinajstić information content (AvgIpc) is 2.29. The second kappa shape index (κ2) is 8.03. The van der Waals surface area contributed by atoms with Crippen molar-refractivity contribution in [3.05, 3.63) is 18.1 Å². The van der Waals surface area contributed by atoms with Crippen molar-refractivity contribution in [1.29, 1.82) is 0 Å². The van der Waals surface area contributed by atoms with Crippen molar-refractivity contribution < 1.29 is 9.53 Å². The summed E-state index contributed by atoms with van der Waals surface area (Å²) in [5, 5.41) is 2.73. The molecule has 94 valence electrons. The van der Waals surface area contributed by atoms with Gasteiger partial charge in [0.25, 0.3) is 0 Å². The molecule has 0 unspecified atom stereocenters. The highest BCUT2D eigenvalue weighted by Crippen LogP contribution is 2.05. The Morgan fingerprint density at radius 1 is 1.59 bits per heavy atom. The van der Waals surface area contributed by atoms with Crippen LogP contribution in [0.4, 0.5) is 5.82 Å². The van der Waals surface area contributed by atoms with Gasteiger partial charge >= 0.3 is 0 Å². The Morgan fingerprint density at radius 2 is 2.41 bits per heavy atom. The summed E-state index contributed by atoms with van der Waals surface area (Å²) < 4.78 is 4.93. The Labute approximate surface area is 105 Å². The molecule has 1 rings (SSSR count). The average molecular weight is 255 g/mol. The smallest absolute Gasteiger partial charge is 0.235 e.